The molecular weight excluding hydrogens is 350 g/mol. The van der Waals surface area contributed by atoms with Gasteiger partial charge in [-0.15, -0.1) is 5.10 Å². The fourth-order valence-corrected chi connectivity index (χ4v) is 2.70. The summed E-state index contributed by atoms with van der Waals surface area (Å²) < 4.78 is 5.20. The van der Waals surface area contributed by atoms with Crippen molar-refractivity contribution in [3.05, 3.63) is 29.8 Å². The number of hydrogen-bond donors (Lipinski definition) is 3. The lowest BCUT2D eigenvalue weighted by Gasteiger charge is -2.09. The van der Waals surface area contributed by atoms with E-state index < -0.39 is 29.2 Å². The van der Waals surface area contributed by atoms with Crippen LogP contribution in [0.15, 0.2) is 34.5 Å². The Labute approximate surface area is 146 Å². The summed E-state index contributed by atoms with van der Waals surface area (Å²) in [6.45, 7) is 1.43. The number of carbonyl (C=O) groups excluding carboxylic acids is 1. The average molecular weight is 365 g/mol. The predicted molar refractivity (Wildman–Crippen MR) is 91.0 cm³/mol. The molecule has 0 radical (unpaired) electrons. The zero-order valence-electron chi connectivity index (χ0n) is 13.1. The number of benzene rings is 1. The minimum atomic E-state index is -1.06. The number of carbonyl (C=O) groups is 3. The van der Waals surface area contributed by atoms with Gasteiger partial charge in [-0.3, -0.25) is 9.59 Å². The number of amides is 1. The third kappa shape index (κ3) is 5.60. The summed E-state index contributed by atoms with van der Waals surface area (Å²) >= 11 is 1.01. The standard InChI is InChI=1S/C15H15N3O6S/c1-8(14(22)23)24-10-4-2-9(3-5-10)7-16-18-15-17-13(21)11(25-15)6-12(19)20/h2-5,7-8,11H,6H2,1H3,(H,19,20)(H,22,23)(H,17,18,21). The first kappa shape index (κ1) is 18.5. The van der Waals surface area contributed by atoms with Gasteiger partial charge >= 0.3 is 11.9 Å². The molecule has 0 saturated carbocycles. The fraction of sp³-hybridized carbons (Fsp3) is 0.267. The molecule has 0 aromatic heterocycles. The smallest absolute Gasteiger partial charge is 0.344 e. The molecule has 2 unspecified atom stereocenters. The minimum absolute atomic E-state index is 0.239. The summed E-state index contributed by atoms with van der Waals surface area (Å²) in [7, 11) is 0. The van der Waals surface area contributed by atoms with Gasteiger partial charge in [0.15, 0.2) is 11.3 Å². The van der Waals surface area contributed by atoms with Crippen LogP contribution in [0.4, 0.5) is 0 Å². The Hall–Kier alpha value is -2.88. The van der Waals surface area contributed by atoms with Crippen LogP contribution in [0.1, 0.15) is 18.9 Å². The Morgan fingerprint density at radius 3 is 2.64 bits per heavy atom. The number of rotatable bonds is 7. The van der Waals surface area contributed by atoms with Crippen LogP contribution in [0.3, 0.4) is 0 Å². The topological polar surface area (TPSA) is 138 Å². The lowest BCUT2D eigenvalue weighted by molar-refractivity contribution is -0.144. The van der Waals surface area contributed by atoms with E-state index in [0.717, 1.165) is 11.8 Å². The van der Waals surface area contributed by atoms with Crippen LogP contribution in [-0.4, -0.2) is 50.8 Å². The monoisotopic (exact) mass is 365 g/mol. The maximum atomic E-state index is 11.5. The molecule has 25 heavy (non-hydrogen) atoms. The van der Waals surface area contributed by atoms with Crippen LogP contribution in [0.25, 0.3) is 0 Å². The number of carboxylic acid groups (broad SMARTS) is 2. The summed E-state index contributed by atoms with van der Waals surface area (Å²) in [5.74, 6) is -2.11. The Bertz CT molecular complexity index is 731. The van der Waals surface area contributed by atoms with Crippen molar-refractivity contribution in [2.24, 2.45) is 10.2 Å². The second kappa shape index (κ2) is 8.29. The molecule has 1 aliphatic heterocycles. The second-order valence-corrected chi connectivity index (χ2v) is 6.20. The SMILES string of the molecule is CC(Oc1ccc(C=NN=C2NC(=O)C(CC(=O)O)S2)cc1)C(=O)O. The first-order valence-electron chi connectivity index (χ1n) is 7.15. The molecule has 132 valence electrons. The molecule has 0 spiro atoms. The zero-order valence-corrected chi connectivity index (χ0v) is 13.9. The van der Waals surface area contributed by atoms with Crippen molar-refractivity contribution in [2.75, 3.05) is 0 Å². The van der Waals surface area contributed by atoms with Gasteiger partial charge in [-0.05, 0) is 36.8 Å². The number of thioether (sulfide) groups is 1. The van der Waals surface area contributed by atoms with E-state index in [-0.39, 0.29) is 11.6 Å². The number of nitrogens with one attached hydrogen (secondary N) is 1. The van der Waals surface area contributed by atoms with Crippen LogP contribution in [0, 0.1) is 0 Å². The van der Waals surface area contributed by atoms with Gasteiger partial charge < -0.3 is 20.3 Å². The van der Waals surface area contributed by atoms with E-state index in [4.69, 9.17) is 14.9 Å². The zero-order chi connectivity index (χ0) is 18.4. The maximum absolute atomic E-state index is 11.5. The van der Waals surface area contributed by atoms with Crippen molar-refractivity contribution in [1.82, 2.24) is 5.32 Å². The van der Waals surface area contributed by atoms with Gasteiger partial charge in [-0.2, -0.15) is 5.10 Å². The predicted octanol–water partition coefficient (Wildman–Crippen LogP) is 0.935. The molecule has 1 heterocycles. The number of ether oxygens (including phenoxy) is 1. The Balaban J connectivity index is 1.93. The molecule has 1 aromatic carbocycles. The second-order valence-electron chi connectivity index (χ2n) is 5.01. The van der Waals surface area contributed by atoms with E-state index in [2.05, 4.69) is 15.5 Å². The van der Waals surface area contributed by atoms with Crippen LogP contribution in [0.5, 0.6) is 5.75 Å². The Kier molecular flexibility index (Phi) is 6.12. The highest BCUT2D eigenvalue weighted by Gasteiger charge is 2.32. The van der Waals surface area contributed by atoms with Crippen molar-refractivity contribution in [3.8, 4) is 5.75 Å². The number of hydrogen-bond acceptors (Lipinski definition) is 7. The number of amidine groups is 1. The molecule has 2 atom stereocenters. The van der Waals surface area contributed by atoms with Crippen LogP contribution in [-0.2, 0) is 14.4 Å². The summed E-state index contributed by atoms with van der Waals surface area (Å²) in [6.07, 6.45) is 0.206. The molecule has 0 bridgehead atoms. The molecule has 1 aliphatic rings. The van der Waals surface area contributed by atoms with Gasteiger partial charge in [0.25, 0.3) is 0 Å². The molecule has 0 aliphatic carbocycles. The van der Waals surface area contributed by atoms with Crippen molar-refractivity contribution in [3.63, 3.8) is 0 Å². The maximum Gasteiger partial charge on any atom is 0.344 e. The van der Waals surface area contributed by atoms with Gasteiger partial charge in [0.05, 0.1) is 12.6 Å². The van der Waals surface area contributed by atoms with Crippen molar-refractivity contribution >= 4 is 41.0 Å². The highest BCUT2D eigenvalue weighted by molar-refractivity contribution is 8.15. The van der Waals surface area contributed by atoms with E-state index in [0.29, 0.717) is 11.3 Å². The van der Waals surface area contributed by atoms with Gasteiger partial charge in [0.1, 0.15) is 11.0 Å². The molecular formula is C15H15N3O6S. The Morgan fingerprint density at radius 2 is 2.04 bits per heavy atom. The lowest BCUT2D eigenvalue weighted by Crippen LogP contribution is -2.26. The molecule has 1 fully saturated rings. The largest absolute Gasteiger partial charge is 0.481 e. The van der Waals surface area contributed by atoms with E-state index in [1.807, 2.05) is 0 Å². The van der Waals surface area contributed by atoms with Crippen molar-refractivity contribution in [2.45, 2.75) is 24.7 Å². The van der Waals surface area contributed by atoms with E-state index in [1.165, 1.54) is 13.1 Å². The van der Waals surface area contributed by atoms with Crippen LogP contribution >= 0.6 is 11.8 Å². The van der Waals surface area contributed by atoms with Crippen LogP contribution in [0.2, 0.25) is 0 Å². The molecule has 3 N–H and O–H groups in total. The van der Waals surface area contributed by atoms with Crippen molar-refractivity contribution < 1.29 is 29.3 Å². The van der Waals surface area contributed by atoms with Gasteiger partial charge in [-0.1, -0.05) is 11.8 Å². The average Bonchev–Trinajstić information content (AvgIpc) is 2.88. The molecule has 2 rings (SSSR count). The van der Waals surface area contributed by atoms with E-state index >= 15 is 0 Å². The first-order valence-corrected chi connectivity index (χ1v) is 8.03. The quantitative estimate of drug-likeness (QED) is 0.483. The summed E-state index contributed by atoms with van der Waals surface area (Å²) in [6, 6.07) is 6.54. The number of aliphatic carboxylic acids is 2. The molecule has 10 heteroatoms. The summed E-state index contributed by atoms with van der Waals surface area (Å²) in [5, 5.41) is 27.1. The molecule has 9 nitrogen and oxygen atoms in total. The van der Waals surface area contributed by atoms with Gasteiger partial charge in [0, 0.05) is 0 Å². The molecule has 1 saturated heterocycles. The first-order chi connectivity index (χ1) is 11.8. The summed E-state index contributed by atoms with van der Waals surface area (Å²) in [5.41, 5.74) is 0.691. The van der Waals surface area contributed by atoms with Gasteiger partial charge in [-0.25, -0.2) is 4.79 Å². The third-order valence-electron chi connectivity index (χ3n) is 3.03. The molecule has 1 amide bonds. The highest BCUT2D eigenvalue weighted by Crippen LogP contribution is 2.22. The van der Waals surface area contributed by atoms with Gasteiger partial charge in [0.2, 0.25) is 5.91 Å². The summed E-state index contributed by atoms with van der Waals surface area (Å²) in [4.78, 5) is 32.9. The van der Waals surface area contributed by atoms with E-state index in [1.54, 1.807) is 24.3 Å². The Morgan fingerprint density at radius 1 is 1.36 bits per heavy atom. The third-order valence-corrected chi connectivity index (χ3v) is 4.10. The van der Waals surface area contributed by atoms with Crippen LogP contribution < -0.4 is 10.1 Å². The lowest BCUT2D eigenvalue weighted by atomic mass is 10.2. The minimum Gasteiger partial charge on any atom is -0.481 e. The number of carboxylic acids is 2. The normalized spacial score (nSPS) is 19.8. The van der Waals surface area contributed by atoms with E-state index in [9.17, 15) is 14.4 Å². The number of nitrogens with zero attached hydrogens (tertiary/aromatic N) is 2. The molecule has 1 aromatic rings. The van der Waals surface area contributed by atoms with Crippen molar-refractivity contribution in [1.29, 1.82) is 0 Å². The fourth-order valence-electron chi connectivity index (χ4n) is 1.78. The highest BCUT2D eigenvalue weighted by atomic mass is 32.2.